The molecule has 0 aromatic rings. The lowest BCUT2D eigenvalue weighted by Gasteiger charge is -2.16. The van der Waals surface area contributed by atoms with Crippen LogP contribution in [-0.2, 0) is 14.1 Å². The van der Waals surface area contributed by atoms with Gasteiger partial charge in [0.15, 0.2) is 0 Å². The summed E-state index contributed by atoms with van der Waals surface area (Å²) in [4.78, 5) is 28.9. The lowest BCUT2D eigenvalue weighted by molar-refractivity contribution is -0.150. The molecule has 2 atom stereocenters. The molecular weight excluding hydrogens is 281 g/mol. The van der Waals surface area contributed by atoms with Crippen LogP contribution in [0.5, 0.6) is 0 Å². The van der Waals surface area contributed by atoms with Gasteiger partial charge in [0.2, 0.25) is 0 Å². The van der Waals surface area contributed by atoms with Crippen molar-refractivity contribution in [3.8, 4) is 0 Å². The monoisotopic (exact) mass is 307 g/mol. The van der Waals surface area contributed by atoms with Crippen molar-refractivity contribution in [3.05, 3.63) is 11.9 Å². The van der Waals surface area contributed by atoms with Gasteiger partial charge in [0.05, 0.1) is 6.10 Å². The van der Waals surface area contributed by atoms with Gasteiger partial charge in [-0.1, -0.05) is 32.3 Å². The van der Waals surface area contributed by atoms with Crippen LogP contribution in [-0.4, -0.2) is 27.9 Å². The SMILES string of the molecule is CCCCCCC(C)OC(=O)C(N)C/C=C/P(=O)(O)O. The number of carbonyl (C=O) groups excluding carboxylic acids is 1. The Hall–Kier alpha value is -0.680. The molecule has 2 unspecified atom stereocenters. The first-order chi connectivity index (χ1) is 9.26. The molecule has 118 valence electrons. The average Bonchev–Trinajstić information content (AvgIpc) is 2.32. The minimum Gasteiger partial charge on any atom is -0.462 e. The van der Waals surface area contributed by atoms with Crippen molar-refractivity contribution in [1.82, 2.24) is 0 Å². The lowest BCUT2D eigenvalue weighted by atomic mass is 10.1. The van der Waals surface area contributed by atoms with Crippen LogP contribution in [0.2, 0.25) is 0 Å². The highest BCUT2D eigenvalue weighted by Gasteiger charge is 2.17. The molecule has 20 heavy (non-hydrogen) atoms. The van der Waals surface area contributed by atoms with Gasteiger partial charge in [0.25, 0.3) is 0 Å². The van der Waals surface area contributed by atoms with E-state index in [1.807, 2.05) is 6.92 Å². The van der Waals surface area contributed by atoms with Gasteiger partial charge >= 0.3 is 13.6 Å². The molecule has 0 saturated heterocycles. The second-order valence-corrected chi connectivity index (χ2v) is 6.39. The van der Waals surface area contributed by atoms with Crippen molar-refractivity contribution < 1.29 is 23.9 Å². The fourth-order valence-electron chi connectivity index (χ4n) is 1.64. The third-order valence-corrected chi connectivity index (χ3v) is 3.37. The Morgan fingerprint density at radius 2 is 2.00 bits per heavy atom. The number of esters is 1. The molecule has 0 amide bonds. The maximum absolute atomic E-state index is 11.6. The Morgan fingerprint density at radius 3 is 2.55 bits per heavy atom. The van der Waals surface area contributed by atoms with Crippen LogP contribution >= 0.6 is 7.60 Å². The van der Waals surface area contributed by atoms with E-state index in [0.29, 0.717) is 0 Å². The van der Waals surface area contributed by atoms with E-state index in [0.717, 1.165) is 31.5 Å². The zero-order chi connectivity index (χ0) is 15.6. The molecule has 0 aliphatic carbocycles. The van der Waals surface area contributed by atoms with Crippen molar-refractivity contribution in [2.75, 3.05) is 0 Å². The van der Waals surface area contributed by atoms with Crippen LogP contribution in [0.25, 0.3) is 0 Å². The Labute approximate surface area is 120 Å². The highest BCUT2D eigenvalue weighted by atomic mass is 31.2. The molecule has 4 N–H and O–H groups in total. The van der Waals surface area contributed by atoms with E-state index in [2.05, 4.69) is 6.92 Å². The minimum atomic E-state index is -4.19. The van der Waals surface area contributed by atoms with Gasteiger partial charge in [-0.3, -0.25) is 9.36 Å². The molecule has 0 rings (SSSR count). The number of carbonyl (C=O) groups is 1. The summed E-state index contributed by atoms with van der Waals surface area (Å²) in [5.41, 5.74) is 5.59. The standard InChI is InChI=1S/C13H26NO5P/c1-3-4-5-6-8-11(2)19-13(15)12(14)9-7-10-20(16,17)18/h7,10-12H,3-6,8-9,14H2,1-2H3,(H2,16,17,18)/b10-7+. The van der Waals surface area contributed by atoms with Crippen LogP contribution in [0.4, 0.5) is 0 Å². The quantitative estimate of drug-likeness (QED) is 0.324. The summed E-state index contributed by atoms with van der Waals surface area (Å²) in [6.45, 7) is 3.95. The highest BCUT2D eigenvalue weighted by molar-refractivity contribution is 7.55. The predicted molar refractivity (Wildman–Crippen MR) is 78.1 cm³/mol. The second kappa shape index (κ2) is 10.1. The van der Waals surface area contributed by atoms with Crippen LogP contribution in [0, 0.1) is 0 Å². The molecule has 6 nitrogen and oxygen atoms in total. The van der Waals surface area contributed by atoms with Gasteiger partial charge < -0.3 is 20.3 Å². The zero-order valence-corrected chi connectivity index (χ0v) is 13.1. The number of hydrogen-bond donors (Lipinski definition) is 3. The molecule has 0 spiro atoms. The van der Waals surface area contributed by atoms with E-state index >= 15 is 0 Å². The molecule has 0 aromatic heterocycles. The smallest absolute Gasteiger partial charge is 0.348 e. The van der Waals surface area contributed by atoms with E-state index in [-0.39, 0.29) is 12.5 Å². The first-order valence-electron chi connectivity index (χ1n) is 6.95. The van der Waals surface area contributed by atoms with Gasteiger partial charge in [-0.05, 0) is 26.2 Å². The predicted octanol–water partition coefficient (Wildman–Crippen LogP) is 2.30. The molecular formula is C13H26NO5P. The number of hydrogen-bond acceptors (Lipinski definition) is 4. The van der Waals surface area contributed by atoms with E-state index in [1.54, 1.807) is 0 Å². The van der Waals surface area contributed by atoms with Gasteiger partial charge in [-0.25, -0.2) is 0 Å². The van der Waals surface area contributed by atoms with E-state index in [9.17, 15) is 9.36 Å². The molecule has 0 heterocycles. The van der Waals surface area contributed by atoms with Crippen LogP contribution in [0.15, 0.2) is 11.9 Å². The summed E-state index contributed by atoms with van der Waals surface area (Å²) in [6, 6.07) is -0.893. The second-order valence-electron chi connectivity index (χ2n) is 4.91. The molecule has 0 fully saturated rings. The maximum atomic E-state index is 11.6. The van der Waals surface area contributed by atoms with Gasteiger partial charge in [0.1, 0.15) is 6.04 Å². The van der Waals surface area contributed by atoms with Gasteiger partial charge in [-0.2, -0.15) is 0 Å². The highest BCUT2D eigenvalue weighted by Crippen LogP contribution is 2.36. The van der Waals surface area contributed by atoms with Crippen LogP contribution in [0.1, 0.15) is 52.4 Å². The van der Waals surface area contributed by atoms with E-state index < -0.39 is 19.6 Å². The first kappa shape index (κ1) is 19.3. The molecule has 7 heteroatoms. The topological polar surface area (TPSA) is 110 Å². The van der Waals surface area contributed by atoms with Crippen molar-refractivity contribution in [3.63, 3.8) is 0 Å². The molecule has 0 aliphatic heterocycles. The largest absolute Gasteiger partial charge is 0.462 e. The van der Waals surface area contributed by atoms with Crippen molar-refractivity contribution in [2.45, 2.75) is 64.5 Å². The number of rotatable bonds is 10. The van der Waals surface area contributed by atoms with E-state index in [4.69, 9.17) is 20.3 Å². The van der Waals surface area contributed by atoms with Gasteiger partial charge in [0, 0.05) is 5.82 Å². The Morgan fingerprint density at radius 1 is 1.35 bits per heavy atom. The summed E-state index contributed by atoms with van der Waals surface area (Å²) in [5.74, 6) is 0.206. The fraction of sp³-hybridized carbons (Fsp3) is 0.769. The summed E-state index contributed by atoms with van der Waals surface area (Å²) in [5, 5.41) is 0. The van der Waals surface area contributed by atoms with Crippen LogP contribution < -0.4 is 5.73 Å². The van der Waals surface area contributed by atoms with Crippen molar-refractivity contribution in [1.29, 1.82) is 0 Å². The number of unbranched alkanes of at least 4 members (excludes halogenated alkanes) is 3. The van der Waals surface area contributed by atoms with Crippen molar-refractivity contribution in [2.24, 2.45) is 5.73 Å². The summed E-state index contributed by atoms with van der Waals surface area (Å²) >= 11 is 0. The summed E-state index contributed by atoms with van der Waals surface area (Å²) < 4.78 is 15.8. The Balaban J connectivity index is 3.94. The normalized spacial score (nSPS) is 15.2. The lowest BCUT2D eigenvalue weighted by Crippen LogP contribution is -2.33. The first-order valence-corrected chi connectivity index (χ1v) is 8.63. The third-order valence-electron chi connectivity index (χ3n) is 2.77. The molecule has 0 bridgehead atoms. The van der Waals surface area contributed by atoms with Crippen molar-refractivity contribution >= 4 is 13.6 Å². The van der Waals surface area contributed by atoms with Crippen LogP contribution in [0.3, 0.4) is 0 Å². The zero-order valence-electron chi connectivity index (χ0n) is 12.2. The Bertz CT molecular complexity index is 353. The van der Waals surface area contributed by atoms with Gasteiger partial charge in [-0.15, -0.1) is 0 Å². The summed E-state index contributed by atoms with van der Waals surface area (Å²) in [7, 11) is -4.19. The maximum Gasteiger partial charge on any atom is 0.348 e. The summed E-state index contributed by atoms with van der Waals surface area (Å²) in [6.07, 6.45) is 6.34. The third kappa shape index (κ3) is 11.2. The van der Waals surface area contributed by atoms with E-state index in [1.165, 1.54) is 12.5 Å². The molecule has 0 radical (unpaired) electrons. The molecule has 0 saturated carbocycles. The fourth-order valence-corrected chi connectivity index (χ4v) is 2.04. The molecule has 0 aliphatic rings. The number of nitrogens with two attached hydrogens (primary N) is 1. The average molecular weight is 307 g/mol. The Kier molecular flexibility index (Phi) is 9.76. The number of ether oxygens (including phenoxy) is 1. The minimum absolute atomic E-state index is 0.0481. The molecule has 0 aromatic carbocycles.